The molecule has 0 amide bonds. The summed E-state index contributed by atoms with van der Waals surface area (Å²) in [5, 5.41) is 0.751. The molecule has 1 aromatic rings. The van der Waals surface area contributed by atoms with Gasteiger partial charge in [0.25, 0.3) is 0 Å². The van der Waals surface area contributed by atoms with Gasteiger partial charge in [0.2, 0.25) is 0 Å². The third-order valence-electron chi connectivity index (χ3n) is 2.60. The second-order valence-electron chi connectivity index (χ2n) is 3.99. The first-order valence-electron chi connectivity index (χ1n) is 4.87. The van der Waals surface area contributed by atoms with Crippen molar-refractivity contribution < 1.29 is 0 Å². The van der Waals surface area contributed by atoms with E-state index in [-0.39, 0.29) is 6.04 Å². The summed E-state index contributed by atoms with van der Waals surface area (Å²) in [6.45, 7) is 0. The highest BCUT2D eigenvalue weighted by Gasteiger charge is 2.24. The lowest BCUT2D eigenvalue weighted by molar-refractivity contribution is 0.597. The highest BCUT2D eigenvalue weighted by atomic mass is 79.9. The highest BCUT2D eigenvalue weighted by Crippen LogP contribution is 2.37. The lowest BCUT2D eigenvalue weighted by Crippen LogP contribution is -2.10. The van der Waals surface area contributed by atoms with Crippen molar-refractivity contribution in [3.63, 3.8) is 0 Å². The molecule has 0 heterocycles. The standard InChI is InChI=1S/C11H13BrClN/c12-9-4-8(5-10(13)6-9)11(14)3-7-1-2-7/h4-7,11H,1-3,14H2/t11-/m1/s1. The van der Waals surface area contributed by atoms with Gasteiger partial charge in [0, 0.05) is 15.5 Å². The maximum atomic E-state index is 6.09. The Labute approximate surface area is 97.8 Å². The Kier molecular flexibility index (Phi) is 3.15. The molecule has 3 heteroatoms. The number of benzene rings is 1. The van der Waals surface area contributed by atoms with Gasteiger partial charge in [-0.1, -0.05) is 40.4 Å². The minimum absolute atomic E-state index is 0.137. The van der Waals surface area contributed by atoms with E-state index >= 15 is 0 Å². The first kappa shape index (κ1) is 10.5. The fourth-order valence-corrected chi connectivity index (χ4v) is 2.52. The first-order chi connectivity index (χ1) is 6.65. The van der Waals surface area contributed by atoms with Crippen molar-refractivity contribution in [2.45, 2.75) is 25.3 Å². The topological polar surface area (TPSA) is 26.0 Å². The molecule has 0 aromatic heterocycles. The van der Waals surface area contributed by atoms with Crippen LogP contribution in [0.3, 0.4) is 0 Å². The lowest BCUT2D eigenvalue weighted by Gasteiger charge is -2.12. The van der Waals surface area contributed by atoms with Crippen LogP contribution in [0.2, 0.25) is 5.02 Å². The monoisotopic (exact) mass is 273 g/mol. The first-order valence-corrected chi connectivity index (χ1v) is 6.04. The molecule has 76 valence electrons. The summed E-state index contributed by atoms with van der Waals surface area (Å²) in [6.07, 6.45) is 3.78. The zero-order chi connectivity index (χ0) is 10.1. The van der Waals surface area contributed by atoms with E-state index in [0.29, 0.717) is 0 Å². The number of nitrogens with two attached hydrogens (primary N) is 1. The van der Waals surface area contributed by atoms with Gasteiger partial charge in [-0.25, -0.2) is 0 Å². The summed E-state index contributed by atoms with van der Waals surface area (Å²) < 4.78 is 1.01. The Balaban J connectivity index is 2.12. The predicted molar refractivity (Wildman–Crippen MR) is 63.4 cm³/mol. The van der Waals surface area contributed by atoms with Crippen LogP contribution in [-0.4, -0.2) is 0 Å². The molecular weight excluding hydrogens is 261 g/mol. The molecule has 0 saturated heterocycles. The van der Waals surface area contributed by atoms with Crippen LogP contribution in [-0.2, 0) is 0 Å². The summed E-state index contributed by atoms with van der Waals surface area (Å²) in [7, 11) is 0. The third kappa shape index (κ3) is 2.72. The van der Waals surface area contributed by atoms with Crippen molar-refractivity contribution in [3.8, 4) is 0 Å². The minimum atomic E-state index is 0.137. The Morgan fingerprint density at radius 3 is 2.71 bits per heavy atom. The molecule has 0 bridgehead atoms. The second-order valence-corrected chi connectivity index (χ2v) is 5.34. The molecule has 0 spiro atoms. The second kappa shape index (κ2) is 4.21. The molecule has 1 nitrogen and oxygen atoms in total. The fourth-order valence-electron chi connectivity index (χ4n) is 1.64. The van der Waals surface area contributed by atoms with Gasteiger partial charge in [-0.05, 0) is 36.1 Å². The van der Waals surface area contributed by atoms with Gasteiger partial charge in [0.05, 0.1) is 0 Å². The zero-order valence-electron chi connectivity index (χ0n) is 7.84. The van der Waals surface area contributed by atoms with Crippen molar-refractivity contribution in [2.24, 2.45) is 11.7 Å². The molecule has 1 saturated carbocycles. The molecule has 1 atom stereocenters. The summed E-state index contributed by atoms with van der Waals surface area (Å²) in [5.74, 6) is 0.850. The van der Waals surface area contributed by atoms with Crippen LogP contribution in [0, 0.1) is 5.92 Å². The summed E-state index contributed by atoms with van der Waals surface area (Å²) in [5.41, 5.74) is 7.23. The third-order valence-corrected chi connectivity index (χ3v) is 3.27. The zero-order valence-corrected chi connectivity index (χ0v) is 10.2. The van der Waals surface area contributed by atoms with E-state index in [1.54, 1.807) is 0 Å². The SMILES string of the molecule is N[C@H](CC1CC1)c1cc(Cl)cc(Br)c1. The van der Waals surface area contributed by atoms with Crippen LogP contribution in [0.5, 0.6) is 0 Å². The van der Waals surface area contributed by atoms with E-state index < -0.39 is 0 Å². The van der Waals surface area contributed by atoms with E-state index in [1.165, 1.54) is 12.8 Å². The van der Waals surface area contributed by atoms with Gasteiger partial charge < -0.3 is 5.73 Å². The largest absolute Gasteiger partial charge is 0.324 e. The predicted octanol–water partition coefficient (Wildman–Crippen LogP) is 3.90. The molecule has 1 aliphatic carbocycles. The van der Waals surface area contributed by atoms with E-state index in [1.807, 2.05) is 12.1 Å². The Morgan fingerprint density at radius 1 is 1.43 bits per heavy atom. The van der Waals surface area contributed by atoms with Gasteiger partial charge >= 0.3 is 0 Å². The Morgan fingerprint density at radius 2 is 2.14 bits per heavy atom. The Bertz CT molecular complexity index is 316. The number of hydrogen-bond donors (Lipinski definition) is 1. The fraction of sp³-hybridized carbons (Fsp3) is 0.455. The molecule has 1 fully saturated rings. The van der Waals surface area contributed by atoms with Crippen molar-refractivity contribution >= 4 is 27.5 Å². The molecule has 2 rings (SSSR count). The summed E-state index contributed by atoms with van der Waals surface area (Å²) >= 11 is 9.38. The van der Waals surface area contributed by atoms with Crippen molar-refractivity contribution in [1.82, 2.24) is 0 Å². The van der Waals surface area contributed by atoms with Gasteiger partial charge in [-0.2, -0.15) is 0 Å². The lowest BCUT2D eigenvalue weighted by atomic mass is 10.0. The van der Waals surface area contributed by atoms with Crippen LogP contribution in [0.4, 0.5) is 0 Å². The molecule has 0 unspecified atom stereocenters. The molecule has 0 radical (unpaired) electrons. The molecule has 1 aliphatic rings. The molecule has 1 aromatic carbocycles. The smallest absolute Gasteiger partial charge is 0.0420 e. The van der Waals surface area contributed by atoms with Crippen molar-refractivity contribution in [2.75, 3.05) is 0 Å². The van der Waals surface area contributed by atoms with Crippen LogP contribution < -0.4 is 5.73 Å². The van der Waals surface area contributed by atoms with E-state index in [0.717, 1.165) is 27.4 Å². The Hall–Kier alpha value is -0.0500. The maximum absolute atomic E-state index is 6.09. The van der Waals surface area contributed by atoms with Crippen LogP contribution in [0.1, 0.15) is 30.9 Å². The quantitative estimate of drug-likeness (QED) is 0.889. The van der Waals surface area contributed by atoms with Crippen LogP contribution >= 0.6 is 27.5 Å². The van der Waals surface area contributed by atoms with Crippen molar-refractivity contribution in [3.05, 3.63) is 33.3 Å². The number of halogens is 2. The average molecular weight is 275 g/mol. The highest BCUT2D eigenvalue weighted by molar-refractivity contribution is 9.10. The van der Waals surface area contributed by atoms with Crippen LogP contribution in [0.15, 0.2) is 22.7 Å². The molecule has 2 N–H and O–H groups in total. The van der Waals surface area contributed by atoms with Gasteiger partial charge in [-0.3, -0.25) is 0 Å². The van der Waals surface area contributed by atoms with E-state index in [4.69, 9.17) is 17.3 Å². The summed E-state index contributed by atoms with van der Waals surface area (Å²) in [6, 6.07) is 6.03. The molecular formula is C11H13BrClN. The maximum Gasteiger partial charge on any atom is 0.0420 e. The summed E-state index contributed by atoms with van der Waals surface area (Å²) in [4.78, 5) is 0. The van der Waals surface area contributed by atoms with Crippen LogP contribution in [0.25, 0.3) is 0 Å². The minimum Gasteiger partial charge on any atom is -0.324 e. The van der Waals surface area contributed by atoms with E-state index in [2.05, 4.69) is 22.0 Å². The normalized spacial score (nSPS) is 18.2. The molecule has 14 heavy (non-hydrogen) atoms. The van der Waals surface area contributed by atoms with Crippen molar-refractivity contribution in [1.29, 1.82) is 0 Å². The van der Waals surface area contributed by atoms with Gasteiger partial charge in [0.15, 0.2) is 0 Å². The number of hydrogen-bond acceptors (Lipinski definition) is 1. The number of rotatable bonds is 3. The van der Waals surface area contributed by atoms with E-state index in [9.17, 15) is 0 Å². The van der Waals surface area contributed by atoms with Gasteiger partial charge in [0.1, 0.15) is 0 Å². The van der Waals surface area contributed by atoms with Gasteiger partial charge in [-0.15, -0.1) is 0 Å². The average Bonchev–Trinajstić information content (AvgIpc) is 2.86. The molecule has 0 aliphatic heterocycles.